The van der Waals surface area contributed by atoms with Gasteiger partial charge in [-0.3, -0.25) is 4.79 Å². The van der Waals surface area contributed by atoms with Gasteiger partial charge in [0.15, 0.2) is 0 Å². The maximum atomic E-state index is 11.9. The first-order valence-electron chi connectivity index (χ1n) is 7.27. The molecule has 0 amide bonds. The zero-order chi connectivity index (χ0) is 15.6. The number of aryl methyl sites for hydroxylation is 3. The molecule has 1 N–H and O–H groups in total. The Morgan fingerprint density at radius 3 is 2.00 bits per heavy atom. The third-order valence-electron chi connectivity index (χ3n) is 4.14. The minimum Gasteiger partial charge on any atom is -0.481 e. The lowest BCUT2D eigenvalue weighted by molar-refractivity contribution is -0.139. The molecule has 0 aliphatic heterocycles. The van der Waals surface area contributed by atoms with Gasteiger partial charge < -0.3 is 5.11 Å². The summed E-state index contributed by atoms with van der Waals surface area (Å²) in [5.74, 6) is -1.35. The van der Waals surface area contributed by atoms with Gasteiger partial charge >= 0.3 is 5.97 Å². The predicted octanol–water partition coefficient (Wildman–Crippen LogP) is 4.58. The molecule has 2 unspecified atom stereocenters. The van der Waals surface area contributed by atoms with E-state index in [1.54, 1.807) is 0 Å². The highest BCUT2D eigenvalue weighted by molar-refractivity contribution is 5.79. The molecule has 21 heavy (non-hydrogen) atoms. The summed E-state index contributed by atoms with van der Waals surface area (Å²) in [4.78, 5) is 11.9. The van der Waals surface area contributed by atoms with E-state index in [9.17, 15) is 9.90 Å². The topological polar surface area (TPSA) is 37.3 Å². The van der Waals surface area contributed by atoms with E-state index in [1.807, 2.05) is 58.0 Å². The summed E-state index contributed by atoms with van der Waals surface area (Å²) in [7, 11) is 0. The second-order valence-corrected chi connectivity index (χ2v) is 5.83. The molecule has 0 radical (unpaired) electrons. The standard InChI is InChI=1S/C19H22O2/c1-12-10-13(2)17(14(3)11-12)18(19(20)21)15(4)16-8-6-5-7-9-16/h5-11,15,18H,1-4H3,(H,20,21). The van der Waals surface area contributed by atoms with Crippen LogP contribution in [0.4, 0.5) is 0 Å². The van der Waals surface area contributed by atoms with Crippen molar-refractivity contribution in [3.05, 3.63) is 70.3 Å². The molecule has 0 aromatic heterocycles. The molecule has 0 saturated carbocycles. The summed E-state index contributed by atoms with van der Waals surface area (Å²) in [6, 6.07) is 14.0. The van der Waals surface area contributed by atoms with Crippen molar-refractivity contribution in [2.75, 3.05) is 0 Å². The maximum absolute atomic E-state index is 11.9. The summed E-state index contributed by atoms with van der Waals surface area (Å²) >= 11 is 0. The Hall–Kier alpha value is -2.09. The van der Waals surface area contributed by atoms with Crippen molar-refractivity contribution in [3.8, 4) is 0 Å². The van der Waals surface area contributed by atoms with Gasteiger partial charge in [-0.15, -0.1) is 0 Å². The van der Waals surface area contributed by atoms with Crippen LogP contribution in [0, 0.1) is 20.8 Å². The fraction of sp³-hybridized carbons (Fsp3) is 0.316. The third kappa shape index (κ3) is 3.15. The normalized spacial score (nSPS) is 13.7. The average Bonchev–Trinajstić information content (AvgIpc) is 2.42. The van der Waals surface area contributed by atoms with Gasteiger partial charge in [0.25, 0.3) is 0 Å². The largest absolute Gasteiger partial charge is 0.481 e. The van der Waals surface area contributed by atoms with Gasteiger partial charge in [-0.2, -0.15) is 0 Å². The second kappa shape index (κ2) is 6.13. The van der Waals surface area contributed by atoms with Gasteiger partial charge in [-0.1, -0.05) is 55.0 Å². The highest BCUT2D eigenvalue weighted by atomic mass is 16.4. The van der Waals surface area contributed by atoms with Crippen molar-refractivity contribution >= 4 is 5.97 Å². The minimum atomic E-state index is -0.763. The van der Waals surface area contributed by atoms with Crippen LogP contribution in [-0.2, 0) is 4.79 Å². The van der Waals surface area contributed by atoms with Crippen LogP contribution in [0.25, 0.3) is 0 Å². The number of carboxylic acids is 1. The molecule has 2 aromatic rings. The minimum absolute atomic E-state index is 0.0659. The monoisotopic (exact) mass is 282 g/mol. The van der Waals surface area contributed by atoms with Crippen molar-refractivity contribution in [2.45, 2.75) is 39.5 Å². The van der Waals surface area contributed by atoms with Gasteiger partial charge in [0.05, 0.1) is 5.92 Å². The molecule has 0 saturated heterocycles. The Morgan fingerprint density at radius 2 is 1.52 bits per heavy atom. The van der Waals surface area contributed by atoms with Crippen molar-refractivity contribution in [1.82, 2.24) is 0 Å². The van der Waals surface area contributed by atoms with Crippen LogP contribution in [-0.4, -0.2) is 11.1 Å². The fourth-order valence-corrected chi connectivity index (χ4v) is 3.22. The SMILES string of the molecule is Cc1cc(C)c(C(C(=O)O)C(C)c2ccccc2)c(C)c1. The Balaban J connectivity index is 2.53. The summed E-state index contributed by atoms with van der Waals surface area (Å²) in [6.07, 6.45) is 0. The highest BCUT2D eigenvalue weighted by Crippen LogP contribution is 2.36. The van der Waals surface area contributed by atoms with Crippen LogP contribution in [0.15, 0.2) is 42.5 Å². The number of aliphatic carboxylic acids is 1. The van der Waals surface area contributed by atoms with Gasteiger partial charge in [0, 0.05) is 0 Å². The molecule has 0 bridgehead atoms. The second-order valence-electron chi connectivity index (χ2n) is 5.83. The fourth-order valence-electron chi connectivity index (χ4n) is 3.22. The molecule has 2 rings (SSSR count). The zero-order valence-electron chi connectivity index (χ0n) is 13.1. The molecule has 0 heterocycles. The summed E-state index contributed by atoms with van der Waals surface area (Å²) in [5, 5.41) is 9.78. The lowest BCUT2D eigenvalue weighted by Gasteiger charge is -2.25. The molecular formula is C19H22O2. The van der Waals surface area contributed by atoms with Gasteiger partial charge in [0.1, 0.15) is 0 Å². The molecule has 0 fully saturated rings. The first kappa shape index (κ1) is 15.3. The lowest BCUT2D eigenvalue weighted by Crippen LogP contribution is -2.20. The highest BCUT2D eigenvalue weighted by Gasteiger charge is 2.30. The molecule has 0 spiro atoms. The summed E-state index contributed by atoms with van der Waals surface area (Å²) in [5.41, 5.74) is 5.30. The average molecular weight is 282 g/mol. The Labute approximate surface area is 126 Å². The number of hydrogen-bond donors (Lipinski definition) is 1. The van der Waals surface area contributed by atoms with E-state index >= 15 is 0 Å². The van der Waals surface area contributed by atoms with Crippen LogP contribution < -0.4 is 0 Å². The predicted molar refractivity (Wildman–Crippen MR) is 85.9 cm³/mol. The molecule has 2 atom stereocenters. The van der Waals surface area contributed by atoms with Crippen LogP contribution in [0.3, 0.4) is 0 Å². The van der Waals surface area contributed by atoms with E-state index in [0.29, 0.717) is 0 Å². The molecule has 2 heteroatoms. The van der Waals surface area contributed by atoms with Crippen molar-refractivity contribution < 1.29 is 9.90 Å². The maximum Gasteiger partial charge on any atom is 0.311 e. The molecule has 2 nitrogen and oxygen atoms in total. The van der Waals surface area contributed by atoms with Crippen LogP contribution >= 0.6 is 0 Å². The Kier molecular flexibility index (Phi) is 4.46. The Morgan fingerprint density at radius 1 is 1.00 bits per heavy atom. The Bertz CT molecular complexity index is 621. The smallest absolute Gasteiger partial charge is 0.311 e. The van der Waals surface area contributed by atoms with Crippen molar-refractivity contribution in [1.29, 1.82) is 0 Å². The molecule has 0 aliphatic carbocycles. The number of rotatable bonds is 4. The summed E-state index contributed by atoms with van der Waals surface area (Å²) < 4.78 is 0. The van der Waals surface area contributed by atoms with Crippen molar-refractivity contribution in [2.24, 2.45) is 0 Å². The van der Waals surface area contributed by atoms with Crippen LogP contribution in [0.2, 0.25) is 0 Å². The number of hydrogen-bond acceptors (Lipinski definition) is 1. The van der Waals surface area contributed by atoms with Crippen molar-refractivity contribution in [3.63, 3.8) is 0 Å². The lowest BCUT2D eigenvalue weighted by atomic mass is 9.79. The third-order valence-corrected chi connectivity index (χ3v) is 4.14. The van der Waals surface area contributed by atoms with Gasteiger partial charge in [0.2, 0.25) is 0 Å². The van der Waals surface area contributed by atoms with Gasteiger partial charge in [-0.05, 0) is 48.9 Å². The van der Waals surface area contributed by atoms with E-state index < -0.39 is 11.9 Å². The molecule has 2 aromatic carbocycles. The molecule has 110 valence electrons. The van der Waals surface area contributed by atoms with Gasteiger partial charge in [-0.25, -0.2) is 0 Å². The quantitative estimate of drug-likeness (QED) is 0.891. The van der Waals surface area contributed by atoms with E-state index in [-0.39, 0.29) is 5.92 Å². The van der Waals surface area contributed by atoms with E-state index in [2.05, 4.69) is 12.1 Å². The number of carbonyl (C=O) groups is 1. The summed E-state index contributed by atoms with van der Waals surface area (Å²) in [6.45, 7) is 8.04. The molecule has 0 aliphatic rings. The van der Waals surface area contributed by atoms with Crippen LogP contribution in [0.1, 0.15) is 46.6 Å². The van der Waals surface area contributed by atoms with Crippen LogP contribution in [0.5, 0.6) is 0 Å². The number of carboxylic acid groups (broad SMARTS) is 1. The number of benzene rings is 2. The van der Waals surface area contributed by atoms with E-state index in [0.717, 1.165) is 22.3 Å². The zero-order valence-corrected chi connectivity index (χ0v) is 13.1. The molecular weight excluding hydrogens is 260 g/mol. The first-order valence-corrected chi connectivity index (χ1v) is 7.27. The van der Waals surface area contributed by atoms with E-state index in [1.165, 1.54) is 5.56 Å². The van der Waals surface area contributed by atoms with E-state index in [4.69, 9.17) is 0 Å². The first-order chi connectivity index (χ1) is 9.91.